The Labute approximate surface area is 149 Å². The molecule has 1 saturated heterocycles. The molecule has 4 nitrogen and oxygen atoms in total. The molecule has 1 N–H and O–H groups in total. The Hall–Kier alpha value is -0.685. The van der Waals surface area contributed by atoms with Gasteiger partial charge in [-0.2, -0.15) is 0 Å². The average Bonchev–Trinajstić information content (AvgIpc) is 2.65. The van der Waals surface area contributed by atoms with E-state index in [0.717, 1.165) is 5.56 Å². The van der Waals surface area contributed by atoms with Crippen LogP contribution in [0.2, 0.25) is 6.32 Å². The van der Waals surface area contributed by atoms with Crippen LogP contribution in [0.25, 0.3) is 0 Å². The Bertz CT molecular complexity index is 568. The zero-order valence-corrected chi connectivity index (χ0v) is 16.7. The van der Waals surface area contributed by atoms with Crippen LogP contribution in [-0.4, -0.2) is 27.3 Å². The summed E-state index contributed by atoms with van der Waals surface area (Å²) in [6.07, 6.45) is 0.610. The molecule has 2 unspecified atom stereocenters. The molecule has 1 fully saturated rings. The fourth-order valence-corrected chi connectivity index (χ4v) is 3.34. The molecule has 0 saturated carbocycles. The van der Waals surface area contributed by atoms with Crippen molar-refractivity contribution in [1.29, 1.82) is 0 Å². The molecule has 1 aromatic rings. The van der Waals surface area contributed by atoms with Gasteiger partial charge in [0.2, 0.25) is 0 Å². The highest BCUT2D eigenvalue weighted by molar-refractivity contribution is 7.84. The third kappa shape index (κ3) is 4.48. The smallest absolute Gasteiger partial charge is 0.403 e. The normalized spacial score (nSPS) is 22.4. The zero-order chi connectivity index (χ0) is 18.2. The van der Waals surface area contributed by atoms with E-state index in [1.165, 1.54) is 0 Å². The van der Waals surface area contributed by atoms with E-state index in [1.807, 2.05) is 78.8 Å². The van der Waals surface area contributed by atoms with Gasteiger partial charge in [-0.25, -0.2) is 8.93 Å². The van der Waals surface area contributed by atoms with Crippen LogP contribution in [0.5, 0.6) is 0 Å². The number of hydrogen-bond donors (Lipinski definition) is 1. The predicted octanol–water partition coefficient (Wildman–Crippen LogP) is 3.87. The maximum Gasteiger partial charge on any atom is 0.459 e. The van der Waals surface area contributed by atoms with Crippen molar-refractivity contribution in [2.45, 2.75) is 76.8 Å². The van der Waals surface area contributed by atoms with Crippen molar-refractivity contribution in [2.24, 2.45) is 0 Å². The highest BCUT2D eigenvalue weighted by atomic mass is 32.2. The van der Waals surface area contributed by atoms with Crippen molar-refractivity contribution in [2.75, 3.05) is 0 Å². The van der Waals surface area contributed by atoms with Crippen molar-refractivity contribution in [3.63, 3.8) is 0 Å². The van der Waals surface area contributed by atoms with Crippen molar-refractivity contribution in [1.82, 2.24) is 4.72 Å². The number of nitrogens with one attached hydrogen (secondary N) is 1. The van der Waals surface area contributed by atoms with E-state index in [0.29, 0.717) is 6.32 Å². The van der Waals surface area contributed by atoms with E-state index < -0.39 is 11.0 Å². The Balaban J connectivity index is 2.17. The van der Waals surface area contributed by atoms with E-state index in [4.69, 9.17) is 9.31 Å². The molecule has 1 aliphatic heterocycles. The van der Waals surface area contributed by atoms with Gasteiger partial charge in [-0.3, -0.25) is 0 Å². The van der Waals surface area contributed by atoms with E-state index >= 15 is 0 Å². The summed E-state index contributed by atoms with van der Waals surface area (Å²) in [5.41, 5.74) is 0.370. The first-order valence-corrected chi connectivity index (χ1v) is 9.66. The fraction of sp³-hybridized carbons (Fsp3) is 0.667. The van der Waals surface area contributed by atoms with Crippen LogP contribution in [-0.2, 0) is 20.3 Å². The summed E-state index contributed by atoms with van der Waals surface area (Å²) in [6.45, 7) is 14.1. The number of benzene rings is 1. The van der Waals surface area contributed by atoms with Gasteiger partial charge in [0.25, 0.3) is 0 Å². The molecular weight excluding hydrogens is 321 g/mol. The second-order valence-corrected chi connectivity index (χ2v) is 10.4. The number of hydrogen-bond acceptors (Lipinski definition) is 3. The summed E-state index contributed by atoms with van der Waals surface area (Å²) in [7, 11) is -1.50. The third-order valence-corrected chi connectivity index (χ3v) is 6.35. The maximum absolute atomic E-state index is 12.6. The SMILES string of the molecule is CC(C)(C)S(=O)NC(CB1OC(C)(C)C(C)(C)O1)c1ccccc1. The Morgan fingerprint density at radius 3 is 2.04 bits per heavy atom. The van der Waals surface area contributed by atoms with Crippen molar-refractivity contribution in [3.05, 3.63) is 35.9 Å². The molecule has 2 rings (SSSR count). The van der Waals surface area contributed by atoms with E-state index in [9.17, 15) is 4.21 Å². The lowest BCUT2D eigenvalue weighted by Crippen LogP contribution is -2.41. The van der Waals surface area contributed by atoms with Gasteiger partial charge < -0.3 is 9.31 Å². The topological polar surface area (TPSA) is 47.6 Å². The highest BCUT2D eigenvalue weighted by Gasteiger charge is 2.51. The van der Waals surface area contributed by atoms with Crippen molar-refractivity contribution >= 4 is 18.1 Å². The van der Waals surface area contributed by atoms with Crippen LogP contribution >= 0.6 is 0 Å². The van der Waals surface area contributed by atoms with Crippen LogP contribution in [0.15, 0.2) is 30.3 Å². The zero-order valence-electron chi connectivity index (χ0n) is 15.9. The molecule has 1 aliphatic rings. The molecule has 6 heteroatoms. The highest BCUT2D eigenvalue weighted by Crippen LogP contribution is 2.39. The Morgan fingerprint density at radius 2 is 1.58 bits per heavy atom. The van der Waals surface area contributed by atoms with Gasteiger partial charge in [0.1, 0.15) is 0 Å². The second kappa shape index (κ2) is 6.91. The lowest BCUT2D eigenvalue weighted by molar-refractivity contribution is 0.00578. The molecule has 134 valence electrons. The van der Waals surface area contributed by atoms with Gasteiger partial charge >= 0.3 is 7.12 Å². The monoisotopic (exact) mass is 351 g/mol. The van der Waals surface area contributed by atoms with Gasteiger partial charge in [0.15, 0.2) is 0 Å². The summed E-state index contributed by atoms with van der Waals surface area (Å²) in [5.74, 6) is 0. The molecule has 0 bridgehead atoms. The van der Waals surface area contributed by atoms with E-state index in [-0.39, 0.29) is 29.1 Å². The summed E-state index contributed by atoms with van der Waals surface area (Å²) in [6, 6.07) is 9.96. The van der Waals surface area contributed by atoms with E-state index in [1.54, 1.807) is 0 Å². The molecule has 0 aromatic heterocycles. The first-order valence-electron chi connectivity index (χ1n) is 8.51. The third-order valence-electron chi connectivity index (χ3n) is 4.74. The fourth-order valence-electron chi connectivity index (χ4n) is 2.50. The molecule has 1 heterocycles. The first-order chi connectivity index (χ1) is 10.9. The molecule has 0 amide bonds. The lowest BCUT2D eigenvalue weighted by Gasteiger charge is -2.32. The lowest BCUT2D eigenvalue weighted by atomic mass is 9.79. The van der Waals surface area contributed by atoms with Crippen molar-refractivity contribution < 1.29 is 13.5 Å². The minimum atomic E-state index is -1.17. The van der Waals surface area contributed by atoms with Crippen LogP contribution in [0, 0.1) is 0 Å². The van der Waals surface area contributed by atoms with Crippen LogP contribution in [0.4, 0.5) is 0 Å². The molecule has 24 heavy (non-hydrogen) atoms. The standard InChI is InChI=1S/C18H30BNO3S/c1-16(2,3)24(21)20-15(14-11-9-8-10-12-14)13-19-22-17(4,5)18(6,7)23-19/h8-12,15,20H,13H2,1-7H3. The number of rotatable bonds is 5. The predicted molar refractivity (Wildman–Crippen MR) is 101 cm³/mol. The minimum Gasteiger partial charge on any atom is -0.403 e. The van der Waals surface area contributed by atoms with Gasteiger partial charge in [-0.05, 0) is 54.0 Å². The van der Waals surface area contributed by atoms with Crippen molar-refractivity contribution in [3.8, 4) is 0 Å². The largest absolute Gasteiger partial charge is 0.459 e. The summed E-state index contributed by atoms with van der Waals surface area (Å²) in [5, 5.41) is 0. The first kappa shape index (κ1) is 19.6. The molecule has 0 spiro atoms. The molecule has 1 aromatic carbocycles. The van der Waals surface area contributed by atoms with Gasteiger partial charge in [0.05, 0.1) is 26.9 Å². The van der Waals surface area contributed by atoms with Crippen LogP contribution in [0.1, 0.15) is 60.1 Å². The molecule has 0 aliphatic carbocycles. The summed E-state index contributed by atoms with van der Waals surface area (Å²) in [4.78, 5) is 0. The van der Waals surface area contributed by atoms with Gasteiger partial charge in [-0.1, -0.05) is 30.3 Å². The van der Waals surface area contributed by atoms with Gasteiger partial charge in [-0.15, -0.1) is 0 Å². The summed E-state index contributed by atoms with van der Waals surface area (Å²) < 4.78 is 27.8. The van der Waals surface area contributed by atoms with E-state index in [2.05, 4.69) is 4.72 Å². The maximum atomic E-state index is 12.6. The van der Waals surface area contributed by atoms with Gasteiger partial charge in [0, 0.05) is 12.4 Å². The van der Waals surface area contributed by atoms with Crippen LogP contribution < -0.4 is 4.72 Å². The van der Waals surface area contributed by atoms with Crippen LogP contribution in [0.3, 0.4) is 0 Å². The molecule has 0 radical (unpaired) electrons. The summed E-state index contributed by atoms with van der Waals surface area (Å²) >= 11 is 0. The molecule has 2 atom stereocenters. The minimum absolute atomic E-state index is 0.0963. The Kier molecular flexibility index (Phi) is 5.65. The quantitative estimate of drug-likeness (QED) is 0.819. The second-order valence-electron chi connectivity index (χ2n) is 8.38. The Morgan fingerprint density at radius 1 is 1.08 bits per heavy atom. The molecular formula is C18H30BNO3S. The average molecular weight is 351 g/mol.